The molecule has 2 heterocycles. The summed E-state index contributed by atoms with van der Waals surface area (Å²) in [5, 5.41) is 3.09. The summed E-state index contributed by atoms with van der Waals surface area (Å²) in [7, 11) is 0. The number of fused-ring (bicyclic) bond motifs is 3. The number of aliphatic imine (C=N–C) groups is 2. The van der Waals surface area contributed by atoms with Crippen LogP contribution in [0.15, 0.2) is 64.6 Å². The number of nitrogens with zero attached hydrogens (tertiary/aromatic N) is 3. The second-order valence-corrected chi connectivity index (χ2v) is 9.22. The Kier molecular flexibility index (Phi) is 6.23. The van der Waals surface area contributed by atoms with Crippen molar-refractivity contribution in [3.05, 3.63) is 60.2 Å². The van der Waals surface area contributed by atoms with Crippen LogP contribution in [-0.2, 0) is 9.59 Å². The average Bonchev–Trinajstić information content (AvgIpc) is 3.08. The summed E-state index contributed by atoms with van der Waals surface area (Å²) in [5.74, 6) is 0.817. The van der Waals surface area contributed by atoms with Crippen LogP contribution in [0.3, 0.4) is 0 Å². The molecule has 2 amide bonds. The van der Waals surface area contributed by atoms with Gasteiger partial charge in [-0.25, -0.2) is 9.89 Å². The molecule has 6 nitrogen and oxygen atoms in total. The van der Waals surface area contributed by atoms with Gasteiger partial charge in [-0.1, -0.05) is 62.9 Å². The fourth-order valence-electron chi connectivity index (χ4n) is 3.67. The van der Waals surface area contributed by atoms with Gasteiger partial charge in [-0.2, -0.15) is 0 Å². The van der Waals surface area contributed by atoms with Crippen molar-refractivity contribution in [2.45, 2.75) is 44.9 Å². The molecule has 0 aliphatic carbocycles. The van der Waals surface area contributed by atoms with E-state index in [1.807, 2.05) is 61.5 Å². The van der Waals surface area contributed by atoms with Gasteiger partial charge in [-0.15, -0.1) is 0 Å². The van der Waals surface area contributed by atoms with Crippen LogP contribution in [0.2, 0.25) is 0 Å². The van der Waals surface area contributed by atoms with Crippen LogP contribution >= 0.6 is 11.8 Å². The number of carbonyl (C=O) groups is 2. The van der Waals surface area contributed by atoms with E-state index >= 15 is 0 Å². The minimum Gasteiger partial charge on any atom is -0.325 e. The van der Waals surface area contributed by atoms with Crippen molar-refractivity contribution in [3.63, 3.8) is 0 Å². The molecule has 160 valence electrons. The summed E-state index contributed by atoms with van der Waals surface area (Å²) in [5.41, 5.74) is 2.38. The molecule has 0 aromatic heterocycles. The summed E-state index contributed by atoms with van der Waals surface area (Å²) in [6.07, 6.45) is 1.29. The Bertz CT molecular complexity index is 1050. The number of hydrogen-bond acceptors (Lipinski definition) is 5. The molecule has 0 fully saturated rings. The van der Waals surface area contributed by atoms with Gasteiger partial charge in [-0.05, 0) is 43.0 Å². The van der Waals surface area contributed by atoms with E-state index in [0.29, 0.717) is 29.8 Å². The number of amides is 2. The summed E-state index contributed by atoms with van der Waals surface area (Å²) in [4.78, 5) is 37.3. The first-order valence-corrected chi connectivity index (χ1v) is 11.5. The van der Waals surface area contributed by atoms with Gasteiger partial charge in [0.05, 0.1) is 10.9 Å². The van der Waals surface area contributed by atoms with Crippen molar-refractivity contribution in [1.29, 1.82) is 0 Å². The monoisotopic (exact) mass is 434 g/mol. The second-order valence-electron chi connectivity index (χ2n) is 8.05. The van der Waals surface area contributed by atoms with Gasteiger partial charge in [0.1, 0.15) is 11.9 Å². The van der Waals surface area contributed by atoms with Gasteiger partial charge in [0.25, 0.3) is 5.91 Å². The fourth-order valence-corrected chi connectivity index (χ4v) is 4.69. The summed E-state index contributed by atoms with van der Waals surface area (Å²) in [6, 6.07) is 16.7. The molecule has 31 heavy (non-hydrogen) atoms. The molecule has 1 N–H and O–H groups in total. The maximum Gasteiger partial charge on any atom is 0.259 e. The zero-order valence-corrected chi connectivity index (χ0v) is 18.7. The smallest absolute Gasteiger partial charge is 0.259 e. The number of thioether (sulfide) groups is 1. The second kappa shape index (κ2) is 9.06. The Morgan fingerprint density at radius 3 is 2.55 bits per heavy atom. The highest BCUT2D eigenvalue weighted by Crippen LogP contribution is 2.36. The van der Waals surface area contributed by atoms with Crippen LogP contribution in [0.1, 0.15) is 39.2 Å². The third-order valence-corrected chi connectivity index (χ3v) is 6.51. The molecule has 0 saturated carbocycles. The summed E-state index contributed by atoms with van der Waals surface area (Å²) >= 11 is 1.32. The molecule has 0 radical (unpaired) electrons. The van der Waals surface area contributed by atoms with Crippen molar-refractivity contribution in [2.24, 2.45) is 15.9 Å². The standard InChI is InChI=1S/C24H26N4O2S/c1-4-20(22(29)25-16-10-6-5-7-11-16)31-24-27-18-13-9-8-12-17(18)21-26-19(14-15(2)3)23(30)28(21)24/h5-13,15,19-20H,4,14H2,1-3H3,(H,25,29)/t19-,20-/m1/s1. The lowest BCUT2D eigenvalue weighted by Gasteiger charge is -2.27. The summed E-state index contributed by atoms with van der Waals surface area (Å²) < 4.78 is 0. The SMILES string of the molecule is CC[C@@H](SC1=Nc2ccccc2C2=N[C@H](CC(C)C)C(=O)N12)C(=O)Nc1ccccc1. The van der Waals surface area contributed by atoms with Crippen molar-refractivity contribution >= 4 is 46.0 Å². The highest BCUT2D eigenvalue weighted by molar-refractivity contribution is 8.15. The van der Waals surface area contributed by atoms with Gasteiger partial charge < -0.3 is 5.32 Å². The molecule has 2 aliphatic heterocycles. The Morgan fingerprint density at radius 1 is 1.13 bits per heavy atom. The van der Waals surface area contributed by atoms with Crippen molar-refractivity contribution in [2.75, 3.05) is 5.32 Å². The molecule has 2 aromatic rings. The first-order valence-electron chi connectivity index (χ1n) is 10.6. The van der Waals surface area contributed by atoms with E-state index in [-0.39, 0.29) is 17.1 Å². The van der Waals surface area contributed by atoms with E-state index in [0.717, 1.165) is 16.9 Å². The molecule has 2 atom stereocenters. The van der Waals surface area contributed by atoms with Crippen molar-refractivity contribution in [3.8, 4) is 0 Å². The topological polar surface area (TPSA) is 74.1 Å². The highest BCUT2D eigenvalue weighted by atomic mass is 32.2. The predicted octanol–water partition coefficient (Wildman–Crippen LogP) is 4.84. The number of hydrogen-bond donors (Lipinski definition) is 1. The van der Waals surface area contributed by atoms with Gasteiger partial charge in [0.2, 0.25) is 5.91 Å². The molecule has 0 unspecified atom stereocenters. The third-order valence-electron chi connectivity index (χ3n) is 5.19. The van der Waals surface area contributed by atoms with Crippen LogP contribution in [0.4, 0.5) is 11.4 Å². The lowest BCUT2D eigenvalue weighted by Crippen LogP contribution is -2.42. The van der Waals surface area contributed by atoms with E-state index in [2.05, 4.69) is 19.2 Å². The molecular weight excluding hydrogens is 408 g/mol. The van der Waals surface area contributed by atoms with E-state index < -0.39 is 6.04 Å². The molecule has 0 saturated heterocycles. The van der Waals surface area contributed by atoms with Gasteiger partial charge in [-0.3, -0.25) is 14.6 Å². The third kappa shape index (κ3) is 4.42. The molecule has 0 spiro atoms. The minimum absolute atomic E-state index is 0.0669. The highest BCUT2D eigenvalue weighted by Gasteiger charge is 2.42. The Hall–Kier alpha value is -2.93. The van der Waals surface area contributed by atoms with Crippen molar-refractivity contribution in [1.82, 2.24) is 4.90 Å². The molecule has 4 rings (SSSR count). The number of benzene rings is 2. The molecule has 7 heteroatoms. The molecular formula is C24H26N4O2S. The fraction of sp³-hybridized carbons (Fsp3) is 0.333. The lowest BCUT2D eigenvalue weighted by atomic mass is 10.0. The Morgan fingerprint density at radius 2 is 1.84 bits per heavy atom. The van der Waals surface area contributed by atoms with E-state index in [9.17, 15) is 9.59 Å². The number of anilines is 1. The van der Waals surface area contributed by atoms with Crippen molar-refractivity contribution < 1.29 is 9.59 Å². The molecule has 2 aliphatic rings. The average molecular weight is 435 g/mol. The first-order chi connectivity index (χ1) is 15.0. The number of rotatable bonds is 6. The largest absolute Gasteiger partial charge is 0.325 e. The first kappa shape index (κ1) is 21.3. The van der Waals surface area contributed by atoms with Crippen LogP contribution in [-0.4, -0.2) is 39.0 Å². The number of amidine groups is 2. The number of carbonyl (C=O) groups excluding carboxylic acids is 2. The maximum absolute atomic E-state index is 13.2. The zero-order chi connectivity index (χ0) is 22.0. The number of nitrogens with one attached hydrogen (secondary N) is 1. The predicted molar refractivity (Wildman–Crippen MR) is 127 cm³/mol. The summed E-state index contributed by atoms with van der Waals surface area (Å²) in [6.45, 7) is 6.13. The number of para-hydroxylation sites is 2. The minimum atomic E-state index is -0.412. The maximum atomic E-state index is 13.2. The Labute approximate surface area is 186 Å². The van der Waals surface area contributed by atoms with Crippen LogP contribution in [0.5, 0.6) is 0 Å². The van der Waals surface area contributed by atoms with E-state index in [1.165, 1.54) is 11.8 Å². The quantitative estimate of drug-likeness (QED) is 0.707. The van der Waals surface area contributed by atoms with E-state index in [1.54, 1.807) is 4.90 Å². The zero-order valence-electron chi connectivity index (χ0n) is 17.9. The molecule has 2 aromatic carbocycles. The van der Waals surface area contributed by atoms with Crippen LogP contribution in [0.25, 0.3) is 0 Å². The van der Waals surface area contributed by atoms with Gasteiger partial charge >= 0.3 is 0 Å². The van der Waals surface area contributed by atoms with Gasteiger partial charge in [0, 0.05) is 11.3 Å². The van der Waals surface area contributed by atoms with E-state index in [4.69, 9.17) is 9.98 Å². The Balaban J connectivity index is 1.62. The van der Waals surface area contributed by atoms with Crippen LogP contribution in [0, 0.1) is 5.92 Å². The lowest BCUT2D eigenvalue weighted by molar-refractivity contribution is -0.125. The molecule has 0 bridgehead atoms. The van der Waals surface area contributed by atoms with Gasteiger partial charge in [0.15, 0.2) is 5.17 Å². The van der Waals surface area contributed by atoms with Crippen LogP contribution < -0.4 is 5.32 Å². The normalized spacial score (nSPS) is 18.3.